The molecule has 0 saturated heterocycles. The number of nitrogens with zero attached hydrogens (tertiary/aromatic N) is 3. The average molecular weight is 648 g/mol. The molecule has 3 nitrogen and oxygen atoms in total. The van der Waals surface area contributed by atoms with Crippen molar-refractivity contribution in [1.29, 1.82) is 5.26 Å². The summed E-state index contributed by atoms with van der Waals surface area (Å²) >= 11 is 0. The predicted molar refractivity (Wildman–Crippen MR) is 205 cm³/mol. The second-order valence-corrected chi connectivity index (χ2v) is 13.2. The Balaban J connectivity index is 1.17. The first-order chi connectivity index (χ1) is 25.2. The third-order valence-electron chi connectivity index (χ3n) is 10.5. The van der Waals surface area contributed by atoms with E-state index >= 15 is 0 Å². The summed E-state index contributed by atoms with van der Waals surface area (Å²) in [5, 5.41) is 9.51. The summed E-state index contributed by atoms with van der Waals surface area (Å²) in [7, 11) is 0. The van der Waals surface area contributed by atoms with Gasteiger partial charge in [0.15, 0.2) is 5.82 Å². The van der Waals surface area contributed by atoms with Crippen molar-refractivity contribution in [2.24, 2.45) is 0 Å². The molecule has 7 aromatic carbocycles. The van der Waals surface area contributed by atoms with Crippen LogP contribution in [-0.4, -0.2) is 9.97 Å². The fourth-order valence-corrected chi connectivity index (χ4v) is 8.35. The maximum Gasteiger partial charge on any atom is 0.160 e. The number of hydrogen-bond donors (Lipinski definition) is 0. The van der Waals surface area contributed by atoms with Crippen molar-refractivity contribution in [3.63, 3.8) is 0 Å². The SMILES string of the molecule is N#Cc1cccc(-c2cccc(-c3nc(-c4ccccc4)cc(-c4ccc5c(c4)-c4ccccc4C54c5ccccc5-c5ccccc54)n3)c2)c1. The molecule has 8 aromatic rings. The van der Waals surface area contributed by atoms with Gasteiger partial charge in [0.25, 0.3) is 0 Å². The number of fused-ring (bicyclic) bond motifs is 10. The van der Waals surface area contributed by atoms with Crippen molar-refractivity contribution in [2.45, 2.75) is 5.41 Å². The lowest BCUT2D eigenvalue weighted by molar-refractivity contribution is 0.794. The van der Waals surface area contributed by atoms with E-state index in [9.17, 15) is 5.26 Å². The summed E-state index contributed by atoms with van der Waals surface area (Å²) in [5.41, 5.74) is 17.3. The molecule has 3 heteroatoms. The molecular formula is C48H29N3. The smallest absolute Gasteiger partial charge is 0.160 e. The highest BCUT2D eigenvalue weighted by molar-refractivity contribution is 5.96. The molecule has 51 heavy (non-hydrogen) atoms. The minimum atomic E-state index is -0.382. The van der Waals surface area contributed by atoms with E-state index in [1.807, 2.05) is 48.5 Å². The minimum Gasteiger partial charge on any atom is -0.228 e. The molecular weight excluding hydrogens is 619 g/mol. The van der Waals surface area contributed by atoms with Crippen molar-refractivity contribution in [3.8, 4) is 73.4 Å². The summed E-state index contributed by atoms with van der Waals surface area (Å²) < 4.78 is 0. The van der Waals surface area contributed by atoms with Gasteiger partial charge in [0.1, 0.15) is 0 Å². The lowest BCUT2D eigenvalue weighted by atomic mass is 9.70. The lowest BCUT2D eigenvalue weighted by Gasteiger charge is -2.30. The molecule has 0 unspecified atom stereocenters. The largest absolute Gasteiger partial charge is 0.228 e. The van der Waals surface area contributed by atoms with Gasteiger partial charge in [0.2, 0.25) is 0 Å². The predicted octanol–water partition coefficient (Wildman–Crippen LogP) is 11.4. The highest BCUT2D eigenvalue weighted by Gasteiger charge is 2.51. The molecule has 0 atom stereocenters. The van der Waals surface area contributed by atoms with Crippen LogP contribution in [0.25, 0.3) is 67.3 Å². The van der Waals surface area contributed by atoms with Gasteiger partial charge >= 0.3 is 0 Å². The van der Waals surface area contributed by atoms with E-state index < -0.39 is 0 Å². The van der Waals surface area contributed by atoms with Gasteiger partial charge in [-0.2, -0.15) is 5.26 Å². The second-order valence-electron chi connectivity index (χ2n) is 13.2. The van der Waals surface area contributed by atoms with E-state index in [-0.39, 0.29) is 5.41 Å². The molecule has 1 spiro atoms. The normalized spacial score (nSPS) is 12.8. The standard InChI is InChI=1S/C48H29N3/c49-30-31-12-10-15-33(26-31)34-16-11-17-36(27-34)47-50-45(32-13-2-1-3-14-32)29-46(51-47)35-24-25-44-40(28-35)39-20-6-9-23-43(39)48(44)41-21-7-4-18-37(41)38-19-5-8-22-42(38)48/h1-29H. The zero-order valence-corrected chi connectivity index (χ0v) is 27.6. The monoisotopic (exact) mass is 647 g/mol. The zero-order valence-electron chi connectivity index (χ0n) is 27.6. The van der Waals surface area contributed by atoms with Crippen molar-refractivity contribution in [1.82, 2.24) is 9.97 Å². The Morgan fingerprint density at radius 3 is 1.55 bits per heavy atom. The van der Waals surface area contributed by atoms with Crippen molar-refractivity contribution in [3.05, 3.63) is 204 Å². The van der Waals surface area contributed by atoms with E-state index in [2.05, 4.69) is 133 Å². The molecule has 0 fully saturated rings. The van der Waals surface area contributed by atoms with Crippen LogP contribution in [0.1, 0.15) is 27.8 Å². The first kappa shape index (κ1) is 29.1. The molecule has 2 aliphatic rings. The van der Waals surface area contributed by atoms with E-state index in [4.69, 9.17) is 9.97 Å². The Morgan fingerprint density at radius 2 is 0.882 bits per heavy atom. The molecule has 1 heterocycles. The Bertz CT molecular complexity index is 2670. The van der Waals surface area contributed by atoms with Gasteiger partial charge in [-0.15, -0.1) is 0 Å². The average Bonchev–Trinajstić information content (AvgIpc) is 3.68. The van der Waals surface area contributed by atoms with Crippen molar-refractivity contribution < 1.29 is 0 Å². The van der Waals surface area contributed by atoms with Gasteiger partial charge in [-0.05, 0) is 86.0 Å². The van der Waals surface area contributed by atoms with Gasteiger partial charge < -0.3 is 0 Å². The van der Waals surface area contributed by atoms with Crippen LogP contribution in [0.2, 0.25) is 0 Å². The van der Waals surface area contributed by atoms with E-state index in [1.165, 1.54) is 44.5 Å². The van der Waals surface area contributed by atoms with Crippen molar-refractivity contribution in [2.75, 3.05) is 0 Å². The Labute approximate surface area is 296 Å². The van der Waals surface area contributed by atoms with Crippen LogP contribution in [0, 0.1) is 11.3 Å². The molecule has 0 saturated carbocycles. The summed E-state index contributed by atoms with van der Waals surface area (Å²) in [6, 6.07) is 64.2. The molecule has 0 radical (unpaired) electrons. The Kier molecular flexibility index (Phi) is 6.46. The topological polar surface area (TPSA) is 49.6 Å². The maximum absolute atomic E-state index is 9.51. The third-order valence-corrected chi connectivity index (χ3v) is 10.5. The lowest BCUT2D eigenvalue weighted by Crippen LogP contribution is -2.25. The third kappa shape index (κ3) is 4.37. The zero-order chi connectivity index (χ0) is 33.9. The molecule has 0 bridgehead atoms. The van der Waals surface area contributed by atoms with E-state index in [0.717, 1.165) is 39.2 Å². The number of nitriles is 1. The fraction of sp³-hybridized carbons (Fsp3) is 0.0208. The minimum absolute atomic E-state index is 0.382. The Hall–Kier alpha value is -6.89. The maximum atomic E-state index is 9.51. The molecule has 2 aliphatic carbocycles. The highest BCUT2D eigenvalue weighted by Crippen LogP contribution is 2.62. The first-order valence-electron chi connectivity index (χ1n) is 17.2. The first-order valence-corrected chi connectivity index (χ1v) is 17.2. The van der Waals surface area contributed by atoms with Crippen LogP contribution in [0.3, 0.4) is 0 Å². The van der Waals surface area contributed by atoms with Gasteiger partial charge in [-0.3, -0.25) is 0 Å². The second kappa shape index (κ2) is 11.3. The summed E-state index contributed by atoms with van der Waals surface area (Å²) in [6.07, 6.45) is 0. The number of aromatic nitrogens is 2. The molecule has 0 amide bonds. The van der Waals surface area contributed by atoms with Gasteiger partial charge in [-0.25, -0.2) is 9.97 Å². The van der Waals surface area contributed by atoms with Gasteiger partial charge in [0, 0.05) is 16.7 Å². The van der Waals surface area contributed by atoms with Crippen LogP contribution >= 0.6 is 0 Å². The van der Waals surface area contributed by atoms with Gasteiger partial charge in [-0.1, -0.05) is 146 Å². The quantitative estimate of drug-likeness (QED) is 0.191. The van der Waals surface area contributed by atoms with Crippen LogP contribution < -0.4 is 0 Å². The summed E-state index contributed by atoms with van der Waals surface area (Å²) in [5.74, 6) is 0.653. The Morgan fingerprint density at radius 1 is 0.373 bits per heavy atom. The van der Waals surface area contributed by atoms with Crippen LogP contribution in [0.15, 0.2) is 176 Å². The van der Waals surface area contributed by atoms with Crippen molar-refractivity contribution >= 4 is 0 Å². The van der Waals surface area contributed by atoms with E-state index in [0.29, 0.717) is 11.4 Å². The number of benzene rings is 7. The van der Waals surface area contributed by atoms with Crippen LogP contribution in [-0.2, 0) is 5.41 Å². The number of rotatable bonds is 4. The van der Waals surface area contributed by atoms with Crippen LogP contribution in [0.5, 0.6) is 0 Å². The molecule has 1 aromatic heterocycles. The molecule has 236 valence electrons. The molecule has 10 rings (SSSR count). The summed E-state index contributed by atoms with van der Waals surface area (Å²) in [4.78, 5) is 10.4. The van der Waals surface area contributed by atoms with E-state index in [1.54, 1.807) is 0 Å². The highest BCUT2D eigenvalue weighted by atomic mass is 14.9. The molecule has 0 aliphatic heterocycles. The van der Waals surface area contributed by atoms with Crippen LogP contribution in [0.4, 0.5) is 0 Å². The molecule has 0 N–H and O–H groups in total. The van der Waals surface area contributed by atoms with Gasteiger partial charge in [0.05, 0.1) is 28.4 Å². The fourth-order valence-electron chi connectivity index (χ4n) is 8.35. The summed E-state index contributed by atoms with van der Waals surface area (Å²) in [6.45, 7) is 0. The number of hydrogen-bond acceptors (Lipinski definition) is 3.